The molecule has 0 aliphatic carbocycles. The second kappa shape index (κ2) is 7.53. The molecular weight excluding hydrogens is 244 g/mol. The summed E-state index contributed by atoms with van der Waals surface area (Å²) < 4.78 is 0. The third kappa shape index (κ3) is 5.09. The van der Waals surface area contributed by atoms with Gasteiger partial charge in [0.15, 0.2) is 0 Å². The quantitative estimate of drug-likeness (QED) is 0.697. The molecule has 1 aromatic carbocycles. The summed E-state index contributed by atoms with van der Waals surface area (Å²) >= 11 is 0. The van der Waals surface area contributed by atoms with Crippen molar-refractivity contribution in [2.24, 2.45) is 5.92 Å². The lowest BCUT2D eigenvalue weighted by molar-refractivity contribution is -0.136. The van der Waals surface area contributed by atoms with Crippen molar-refractivity contribution in [2.45, 2.75) is 20.3 Å². The number of benzene rings is 1. The SMILES string of the molecule is CCNCC(C)C(=O)Nc1ccccc1CC(=O)O. The minimum Gasteiger partial charge on any atom is -0.481 e. The van der Waals surface area contributed by atoms with Gasteiger partial charge < -0.3 is 15.7 Å². The molecule has 1 atom stereocenters. The van der Waals surface area contributed by atoms with Crippen LogP contribution in [0.25, 0.3) is 0 Å². The zero-order chi connectivity index (χ0) is 14.3. The van der Waals surface area contributed by atoms with E-state index in [1.807, 2.05) is 13.8 Å². The van der Waals surface area contributed by atoms with Gasteiger partial charge in [-0.15, -0.1) is 0 Å². The van der Waals surface area contributed by atoms with Gasteiger partial charge in [0.25, 0.3) is 0 Å². The van der Waals surface area contributed by atoms with Crippen molar-refractivity contribution in [2.75, 3.05) is 18.4 Å². The molecule has 0 fully saturated rings. The minimum atomic E-state index is -0.914. The number of carboxylic acid groups (broad SMARTS) is 1. The molecule has 19 heavy (non-hydrogen) atoms. The maximum absolute atomic E-state index is 12.0. The Bertz CT molecular complexity index is 446. The molecule has 5 nitrogen and oxygen atoms in total. The van der Waals surface area contributed by atoms with Crippen LogP contribution in [0.1, 0.15) is 19.4 Å². The molecule has 1 unspecified atom stereocenters. The van der Waals surface area contributed by atoms with Crippen LogP contribution in [0.2, 0.25) is 0 Å². The number of aliphatic carboxylic acids is 1. The van der Waals surface area contributed by atoms with Gasteiger partial charge in [0, 0.05) is 18.2 Å². The van der Waals surface area contributed by atoms with E-state index in [0.717, 1.165) is 6.54 Å². The third-order valence-electron chi connectivity index (χ3n) is 2.77. The number of carboxylic acids is 1. The largest absolute Gasteiger partial charge is 0.481 e. The number of hydrogen-bond donors (Lipinski definition) is 3. The highest BCUT2D eigenvalue weighted by Gasteiger charge is 2.14. The van der Waals surface area contributed by atoms with Crippen LogP contribution >= 0.6 is 0 Å². The van der Waals surface area contributed by atoms with Gasteiger partial charge in [0.05, 0.1) is 6.42 Å². The first-order valence-corrected chi connectivity index (χ1v) is 6.35. The zero-order valence-corrected chi connectivity index (χ0v) is 11.3. The predicted molar refractivity (Wildman–Crippen MR) is 74.1 cm³/mol. The van der Waals surface area contributed by atoms with E-state index in [2.05, 4.69) is 10.6 Å². The van der Waals surface area contributed by atoms with Crippen LogP contribution in [0.4, 0.5) is 5.69 Å². The van der Waals surface area contributed by atoms with E-state index >= 15 is 0 Å². The third-order valence-corrected chi connectivity index (χ3v) is 2.77. The summed E-state index contributed by atoms with van der Waals surface area (Å²) in [7, 11) is 0. The second-order valence-electron chi connectivity index (χ2n) is 4.43. The van der Waals surface area contributed by atoms with Gasteiger partial charge in [-0.25, -0.2) is 0 Å². The lowest BCUT2D eigenvalue weighted by Crippen LogP contribution is -2.30. The van der Waals surface area contributed by atoms with Crippen molar-refractivity contribution < 1.29 is 14.7 Å². The highest BCUT2D eigenvalue weighted by atomic mass is 16.4. The van der Waals surface area contributed by atoms with E-state index in [4.69, 9.17) is 5.11 Å². The molecule has 0 aromatic heterocycles. The Hall–Kier alpha value is -1.88. The fraction of sp³-hybridized carbons (Fsp3) is 0.429. The number of amides is 1. The van der Waals surface area contributed by atoms with Crippen LogP contribution < -0.4 is 10.6 Å². The Balaban J connectivity index is 2.70. The molecule has 0 radical (unpaired) electrons. The number of nitrogens with one attached hydrogen (secondary N) is 2. The molecule has 5 heteroatoms. The summed E-state index contributed by atoms with van der Waals surface area (Å²) in [6.07, 6.45) is -0.0992. The van der Waals surface area contributed by atoms with Crippen LogP contribution in [-0.4, -0.2) is 30.1 Å². The molecule has 0 spiro atoms. The number of rotatable bonds is 7. The maximum atomic E-state index is 12.0. The molecule has 0 saturated carbocycles. The predicted octanol–water partition coefficient (Wildman–Crippen LogP) is 1.50. The van der Waals surface area contributed by atoms with Crippen LogP contribution in [0.15, 0.2) is 24.3 Å². The van der Waals surface area contributed by atoms with Crippen LogP contribution in [-0.2, 0) is 16.0 Å². The molecule has 0 saturated heterocycles. The van der Waals surface area contributed by atoms with Crippen LogP contribution in [0.3, 0.4) is 0 Å². The summed E-state index contributed by atoms with van der Waals surface area (Å²) in [5, 5.41) is 14.7. The van der Waals surface area contributed by atoms with Crippen molar-refractivity contribution in [1.82, 2.24) is 5.32 Å². The highest BCUT2D eigenvalue weighted by Crippen LogP contribution is 2.16. The number of hydrogen-bond acceptors (Lipinski definition) is 3. The molecule has 1 amide bonds. The van der Waals surface area contributed by atoms with E-state index in [9.17, 15) is 9.59 Å². The van der Waals surface area contributed by atoms with Gasteiger partial charge in [-0.05, 0) is 18.2 Å². The van der Waals surface area contributed by atoms with E-state index in [-0.39, 0.29) is 18.2 Å². The lowest BCUT2D eigenvalue weighted by atomic mass is 10.1. The van der Waals surface area contributed by atoms with Crippen LogP contribution in [0, 0.1) is 5.92 Å². The van der Waals surface area contributed by atoms with Crippen molar-refractivity contribution in [3.05, 3.63) is 29.8 Å². The number of anilines is 1. The highest BCUT2D eigenvalue weighted by molar-refractivity contribution is 5.93. The molecule has 104 valence electrons. The van der Waals surface area contributed by atoms with Gasteiger partial charge in [-0.2, -0.15) is 0 Å². The van der Waals surface area contributed by atoms with Crippen molar-refractivity contribution in [3.63, 3.8) is 0 Å². The molecule has 1 rings (SSSR count). The first-order valence-electron chi connectivity index (χ1n) is 6.35. The first-order chi connectivity index (χ1) is 9.04. The monoisotopic (exact) mass is 264 g/mol. The second-order valence-corrected chi connectivity index (χ2v) is 4.43. The number of para-hydroxylation sites is 1. The number of carbonyl (C=O) groups excluding carboxylic acids is 1. The van der Waals surface area contributed by atoms with Gasteiger partial charge in [0.2, 0.25) is 5.91 Å². The molecule has 0 aliphatic heterocycles. The summed E-state index contributed by atoms with van der Waals surface area (Å²) in [5.41, 5.74) is 1.18. The first kappa shape index (κ1) is 15.2. The van der Waals surface area contributed by atoms with Gasteiger partial charge in [-0.1, -0.05) is 32.0 Å². The van der Waals surface area contributed by atoms with Crippen molar-refractivity contribution >= 4 is 17.6 Å². The summed E-state index contributed by atoms with van der Waals surface area (Å²) in [5.74, 6) is -1.20. The fourth-order valence-electron chi connectivity index (χ4n) is 1.67. The smallest absolute Gasteiger partial charge is 0.307 e. The van der Waals surface area contributed by atoms with Crippen molar-refractivity contribution in [1.29, 1.82) is 0 Å². The van der Waals surface area contributed by atoms with Gasteiger partial charge >= 0.3 is 5.97 Å². The fourth-order valence-corrected chi connectivity index (χ4v) is 1.67. The Labute approximate surface area is 113 Å². The zero-order valence-electron chi connectivity index (χ0n) is 11.3. The molecule has 0 aliphatic rings. The maximum Gasteiger partial charge on any atom is 0.307 e. The Kier molecular flexibility index (Phi) is 6.02. The van der Waals surface area contributed by atoms with Crippen molar-refractivity contribution in [3.8, 4) is 0 Å². The lowest BCUT2D eigenvalue weighted by Gasteiger charge is -2.14. The Morgan fingerprint density at radius 1 is 1.32 bits per heavy atom. The average Bonchev–Trinajstić information content (AvgIpc) is 2.37. The van der Waals surface area contributed by atoms with Crippen LogP contribution in [0.5, 0.6) is 0 Å². The minimum absolute atomic E-state index is 0.0992. The van der Waals surface area contributed by atoms with E-state index < -0.39 is 5.97 Å². The summed E-state index contributed by atoms with van der Waals surface area (Å²) in [6.45, 7) is 5.22. The molecular formula is C14H20N2O3. The molecule has 3 N–H and O–H groups in total. The number of carbonyl (C=O) groups is 2. The Morgan fingerprint density at radius 3 is 2.63 bits per heavy atom. The molecule has 1 aromatic rings. The topological polar surface area (TPSA) is 78.4 Å². The average molecular weight is 264 g/mol. The summed E-state index contributed by atoms with van der Waals surface area (Å²) in [6, 6.07) is 6.96. The molecule has 0 bridgehead atoms. The van der Waals surface area contributed by atoms with Gasteiger partial charge in [0.1, 0.15) is 0 Å². The van der Waals surface area contributed by atoms with E-state index in [1.165, 1.54) is 0 Å². The van der Waals surface area contributed by atoms with Gasteiger partial charge in [-0.3, -0.25) is 9.59 Å². The standard InChI is InChI=1S/C14H20N2O3/c1-3-15-9-10(2)14(19)16-12-7-5-4-6-11(12)8-13(17)18/h4-7,10,15H,3,8-9H2,1-2H3,(H,16,19)(H,17,18). The Morgan fingerprint density at radius 2 is 2.00 bits per heavy atom. The summed E-state index contributed by atoms with van der Waals surface area (Å²) in [4.78, 5) is 22.7. The molecule has 0 heterocycles. The normalized spacial score (nSPS) is 11.9. The van der Waals surface area contributed by atoms with E-state index in [1.54, 1.807) is 24.3 Å². The van der Waals surface area contributed by atoms with E-state index in [0.29, 0.717) is 17.8 Å².